The molecule has 0 aliphatic carbocycles. The van der Waals surface area contributed by atoms with E-state index in [-0.39, 0.29) is 11.7 Å². The van der Waals surface area contributed by atoms with Crippen molar-refractivity contribution in [2.24, 2.45) is 11.1 Å². The highest BCUT2D eigenvalue weighted by Gasteiger charge is 2.28. The summed E-state index contributed by atoms with van der Waals surface area (Å²) in [6.07, 6.45) is 2.25. The van der Waals surface area contributed by atoms with Crippen LogP contribution in [0.2, 0.25) is 0 Å². The molecule has 1 rings (SSSR count). The summed E-state index contributed by atoms with van der Waals surface area (Å²) in [5, 5.41) is 3.56. The first-order valence-electron chi connectivity index (χ1n) is 3.94. The van der Waals surface area contributed by atoms with Gasteiger partial charge in [0.1, 0.15) is 6.61 Å². The Balaban J connectivity index is 2.29. The maximum atomic E-state index is 11.0. The van der Waals surface area contributed by atoms with Crippen LogP contribution in [0.3, 0.4) is 0 Å². The fourth-order valence-corrected chi connectivity index (χ4v) is 3.07. The van der Waals surface area contributed by atoms with E-state index in [4.69, 9.17) is 4.84 Å². The number of sulfone groups is 1. The third-order valence-corrected chi connectivity index (χ3v) is 3.65. The van der Waals surface area contributed by atoms with Gasteiger partial charge in [0.25, 0.3) is 0 Å². The van der Waals surface area contributed by atoms with Gasteiger partial charge in [-0.25, -0.2) is 8.42 Å². The van der Waals surface area contributed by atoms with E-state index >= 15 is 0 Å². The van der Waals surface area contributed by atoms with Crippen LogP contribution in [-0.4, -0.2) is 32.7 Å². The van der Waals surface area contributed by atoms with Crippen LogP contribution >= 0.6 is 0 Å². The predicted octanol–water partition coefficient (Wildman–Crippen LogP) is 0.443. The third-order valence-electron chi connectivity index (χ3n) is 1.82. The van der Waals surface area contributed by atoms with Crippen LogP contribution in [0.25, 0.3) is 0 Å². The predicted molar refractivity (Wildman–Crippen MR) is 46.9 cm³/mol. The van der Waals surface area contributed by atoms with Crippen molar-refractivity contribution in [2.45, 2.75) is 13.3 Å². The molecular formula is C7H13NO3S. The molecule has 0 spiro atoms. The molecule has 0 amide bonds. The minimum atomic E-state index is -2.76. The molecule has 12 heavy (non-hydrogen) atoms. The summed E-state index contributed by atoms with van der Waals surface area (Å²) >= 11 is 0. The minimum absolute atomic E-state index is 0.138. The summed E-state index contributed by atoms with van der Waals surface area (Å²) in [6, 6.07) is 0. The first-order valence-corrected chi connectivity index (χ1v) is 5.76. The van der Waals surface area contributed by atoms with Gasteiger partial charge in [-0.2, -0.15) is 0 Å². The van der Waals surface area contributed by atoms with Gasteiger partial charge >= 0.3 is 0 Å². The maximum Gasteiger partial charge on any atom is 0.150 e. The van der Waals surface area contributed by atoms with E-state index in [0.29, 0.717) is 18.8 Å². The molecule has 1 saturated heterocycles. The number of rotatable bonds is 3. The number of oxime groups is 1. The monoisotopic (exact) mass is 191 g/mol. The number of hydrogen-bond donors (Lipinski definition) is 0. The highest BCUT2D eigenvalue weighted by Crippen LogP contribution is 2.18. The molecule has 0 N–H and O–H groups in total. The molecule has 0 bridgehead atoms. The van der Waals surface area contributed by atoms with Crippen molar-refractivity contribution in [2.75, 3.05) is 18.1 Å². The van der Waals surface area contributed by atoms with Gasteiger partial charge in [-0.05, 0) is 13.3 Å². The van der Waals surface area contributed by atoms with Gasteiger partial charge in [0.15, 0.2) is 9.84 Å². The van der Waals surface area contributed by atoms with Crippen molar-refractivity contribution in [3.8, 4) is 0 Å². The first-order chi connectivity index (χ1) is 5.64. The second kappa shape index (κ2) is 3.89. The Hall–Kier alpha value is -0.580. The SMILES string of the molecule is CC=NOCC1CCS(=O)(=O)C1. The molecule has 1 heterocycles. The van der Waals surface area contributed by atoms with Crippen molar-refractivity contribution in [1.82, 2.24) is 0 Å². The molecular weight excluding hydrogens is 178 g/mol. The quantitative estimate of drug-likeness (QED) is 0.480. The zero-order valence-corrected chi connectivity index (χ0v) is 7.88. The zero-order valence-electron chi connectivity index (χ0n) is 7.06. The summed E-state index contributed by atoms with van der Waals surface area (Å²) in [6.45, 7) is 2.18. The molecule has 1 atom stereocenters. The van der Waals surface area contributed by atoms with Gasteiger partial charge in [-0.15, -0.1) is 0 Å². The lowest BCUT2D eigenvalue weighted by Crippen LogP contribution is -2.09. The van der Waals surface area contributed by atoms with Crippen LogP contribution in [0.4, 0.5) is 0 Å². The molecule has 0 aromatic heterocycles. The van der Waals surface area contributed by atoms with Crippen molar-refractivity contribution in [3.63, 3.8) is 0 Å². The summed E-state index contributed by atoms with van der Waals surface area (Å²) in [4.78, 5) is 4.87. The highest BCUT2D eigenvalue weighted by atomic mass is 32.2. The standard InChI is InChI=1S/C7H13NO3S/c1-2-8-11-5-7-3-4-12(9,10)6-7/h2,7H,3-6H2,1H3. The second-order valence-electron chi connectivity index (χ2n) is 2.93. The average molecular weight is 191 g/mol. The Bertz CT molecular complexity index is 258. The molecule has 70 valence electrons. The Morgan fingerprint density at radius 3 is 2.92 bits per heavy atom. The van der Waals surface area contributed by atoms with Crippen LogP contribution in [-0.2, 0) is 14.7 Å². The number of hydrogen-bond acceptors (Lipinski definition) is 4. The summed E-state index contributed by atoms with van der Waals surface area (Å²) in [5.41, 5.74) is 0. The van der Waals surface area contributed by atoms with Gasteiger partial charge in [0.05, 0.1) is 11.5 Å². The maximum absolute atomic E-state index is 11.0. The second-order valence-corrected chi connectivity index (χ2v) is 5.16. The zero-order chi connectivity index (χ0) is 9.03. The van der Waals surface area contributed by atoms with Crippen molar-refractivity contribution >= 4 is 16.1 Å². The van der Waals surface area contributed by atoms with Crippen LogP contribution in [0.5, 0.6) is 0 Å². The van der Waals surface area contributed by atoms with Crippen LogP contribution in [0.15, 0.2) is 5.16 Å². The first kappa shape index (κ1) is 9.51. The van der Waals surface area contributed by atoms with Crippen molar-refractivity contribution in [1.29, 1.82) is 0 Å². The van der Waals surface area contributed by atoms with Gasteiger partial charge in [-0.1, -0.05) is 5.16 Å². The highest BCUT2D eigenvalue weighted by molar-refractivity contribution is 7.91. The van der Waals surface area contributed by atoms with E-state index in [0.717, 1.165) is 0 Å². The van der Waals surface area contributed by atoms with Crippen molar-refractivity contribution in [3.05, 3.63) is 0 Å². The Kier molecular flexibility index (Phi) is 3.08. The Labute approximate surface area is 72.5 Å². The van der Waals surface area contributed by atoms with Crippen molar-refractivity contribution < 1.29 is 13.3 Å². The minimum Gasteiger partial charge on any atom is -0.396 e. The van der Waals surface area contributed by atoms with Crippen LogP contribution in [0.1, 0.15) is 13.3 Å². The van der Waals surface area contributed by atoms with E-state index in [1.165, 1.54) is 0 Å². The lowest BCUT2D eigenvalue weighted by molar-refractivity contribution is 0.116. The Morgan fingerprint density at radius 2 is 2.42 bits per heavy atom. The topological polar surface area (TPSA) is 55.7 Å². The van der Waals surface area contributed by atoms with Gasteiger partial charge in [-0.3, -0.25) is 0 Å². The fraction of sp³-hybridized carbons (Fsp3) is 0.857. The summed E-state index contributed by atoms with van der Waals surface area (Å²) in [7, 11) is -2.76. The molecule has 1 fully saturated rings. The molecule has 1 unspecified atom stereocenters. The molecule has 0 saturated carbocycles. The lowest BCUT2D eigenvalue weighted by Gasteiger charge is -2.03. The summed E-state index contributed by atoms with van der Waals surface area (Å²) < 4.78 is 22.0. The van der Waals surface area contributed by atoms with Gasteiger partial charge < -0.3 is 4.84 Å². The third kappa shape index (κ3) is 2.81. The molecule has 5 heteroatoms. The largest absolute Gasteiger partial charge is 0.396 e. The molecule has 1 aliphatic rings. The number of nitrogens with zero attached hydrogens (tertiary/aromatic N) is 1. The lowest BCUT2D eigenvalue weighted by atomic mass is 10.1. The van der Waals surface area contributed by atoms with E-state index in [1.807, 2.05) is 0 Å². The molecule has 0 aromatic rings. The van der Waals surface area contributed by atoms with E-state index in [1.54, 1.807) is 13.1 Å². The molecule has 0 aromatic carbocycles. The van der Waals surface area contributed by atoms with E-state index in [9.17, 15) is 8.42 Å². The summed E-state index contributed by atoms with van der Waals surface area (Å²) in [5.74, 6) is 0.696. The average Bonchev–Trinajstić information content (AvgIpc) is 2.31. The van der Waals surface area contributed by atoms with Crippen LogP contribution < -0.4 is 0 Å². The van der Waals surface area contributed by atoms with Gasteiger partial charge in [0.2, 0.25) is 0 Å². The molecule has 4 nitrogen and oxygen atoms in total. The molecule has 0 radical (unpaired) electrons. The van der Waals surface area contributed by atoms with E-state index in [2.05, 4.69) is 5.16 Å². The van der Waals surface area contributed by atoms with Crippen LogP contribution in [0, 0.1) is 5.92 Å². The Morgan fingerprint density at radius 1 is 1.67 bits per heavy atom. The molecule has 1 aliphatic heterocycles. The fourth-order valence-electron chi connectivity index (χ4n) is 1.23. The van der Waals surface area contributed by atoms with E-state index < -0.39 is 9.84 Å². The van der Waals surface area contributed by atoms with Gasteiger partial charge in [0, 0.05) is 12.1 Å². The normalized spacial score (nSPS) is 27.9. The smallest absolute Gasteiger partial charge is 0.150 e.